The summed E-state index contributed by atoms with van der Waals surface area (Å²) in [6.45, 7) is 2.41. The molecule has 3 N–H and O–H groups in total. The zero-order chi connectivity index (χ0) is 26.2. The Morgan fingerprint density at radius 2 is 2.00 bits per heavy atom. The molecule has 5 rings (SSSR count). The third kappa shape index (κ3) is 5.57. The summed E-state index contributed by atoms with van der Waals surface area (Å²) in [4.78, 5) is 18.1. The average Bonchev–Trinajstić information content (AvgIpc) is 3.69. The lowest BCUT2D eigenvalue weighted by Gasteiger charge is -2.35. The van der Waals surface area contributed by atoms with Gasteiger partial charge in [-0.3, -0.25) is 4.90 Å². The number of benzene rings is 2. The number of hydrogen-bond donors (Lipinski definition) is 3. The molecule has 1 aliphatic carbocycles. The first-order valence-corrected chi connectivity index (χ1v) is 14.3. The number of carbonyl (C=O) groups excluding carboxylic acids is 1. The number of aromatic amines is 1. The summed E-state index contributed by atoms with van der Waals surface area (Å²) < 4.78 is 37.3. The molecular formula is C26H30ClN3O6S. The summed E-state index contributed by atoms with van der Waals surface area (Å²) in [7, 11) is -3.35. The quantitative estimate of drug-likeness (QED) is 0.375. The highest BCUT2D eigenvalue weighted by Crippen LogP contribution is 2.39. The Morgan fingerprint density at radius 1 is 1.24 bits per heavy atom. The zero-order valence-electron chi connectivity index (χ0n) is 20.4. The van der Waals surface area contributed by atoms with Gasteiger partial charge >= 0.3 is 6.09 Å². The van der Waals surface area contributed by atoms with Crippen molar-refractivity contribution < 1.29 is 27.8 Å². The maximum absolute atomic E-state index is 12.9. The van der Waals surface area contributed by atoms with Gasteiger partial charge in [-0.05, 0) is 67.6 Å². The zero-order valence-corrected chi connectivity index (χ0v) is 22.0. The van der Waals surface area contributed by atoms with E-state index in [0.29, 0.717) is 36.6 Å². The molecule has 2 aliphatic rings. The number of aromatic nitrogens is 1. The Hall–Kier alpha value is -2.79. The molecule has 2 aromatic carbocycles. The lowest BCUT2D eigenvalue weighted by Crippen LogP contribution is -2.41. The summed E-state index contributed by atoms with van der Waals surface area (Å²) >= 11 is 6.26. The van der Waals surface area contributed by atoms with Crippen LogP contribution in [0.4, 0.5) is 4.79 Å². The minimum atomic E-state index is -3.35. The first kappa shape index (κ1) is 25.8. The van der Waals surface area contributed by atoms with Crippen molar-refractivity contribution in [2.75, 3.05) is 26.3 Å². The second kappa shape index (κ2) is 10.5. The van der Waals surface area contributed by atoms with Gasteiger partial charge in [0.1, 0.15) is 24.5 Å². The number of carbonyl (C=O) groups is 1. The molecule has 2 unspecified atom stereocenters. The summed E-state index contributed by atoms with van der Waals surface area (Å²) in [5, 5.41) is 11.5. The van der Waals surface area contributed by atoms with E-state index in [2.05, 4.69) is 9.71 Å². The largest absolute Gasteiger partial charge is 0.491 e. The van der Waals surface area contributed by atoms with E-state index in [-0.39, 0.29) is 37.1 Å². The van der Waals surface area contributed by atoms with Gasteiger partial charge in [-0.2, -0.15) is 0 Å². The van der Waals surface area contributed by atoms with Crippen LogP contribution in [0.15, 0.2) is 42.5 Å². The normalized spacial score (nSPS) is 18.5. The fourth-order valence-electron chi connectivity index (χ4n) is 4.72. The predicted molar refractivity (Wildman–Crippen MR) is 140 cm³/mol. The summed E-state index contributed by atoms with van der Waals surface area (Å²) in [6, 6.07) is 12.6. The molecule has 11 heteroatoms. The lowest BCUT2D eigenvalue weighted by molar-refractivity contribution is 0.0931. The molecule has 0 radical (unpaired) electrons. The van der Waals surface area contributed by atoms with Gasteiger partial charge in [0.05, 0.1) is 11.9 Å². The number of sulfonamides is 1. The Bertz CT molecular complexity index is 1390. The predicted octanol–water partition coefficient (Wildman–Crippen LogP) is 3.75. The third-order valence-corrected chi connectivity index (χ3v) is 8.87. The molecule has 1 amide bonds. The van der Waals surface area contributed by atoms with Crippen LogP contribution in [0, 0.1) is 0 Å². The van der Waals surface area contributed by atoms with E-state index in [1.54, 1.807) is 24.0 Å². The van der Waals surface area contributed by atoms with Crippen LogP contribution in [0.25, 0.3) is 10.9 Å². The molecule has 0 bridgehead atoms. The van der Waals surface area contributed by atoms with Gasteiger partial charge in [-0.15, -0.1) is 0 Å². The Labute approximate surface area is 220 Å². The number of aliphatic hydroxyl groups excluding tert-OH is 1. The molecule has 2 heterocycles. The van der Waals surface area contributed by atoms with E-state index < -0.39 is 16.1 Å². The highest BCUT2D eigenvalue weighted by atomic mass is 35.5. The molecule has 0 spiro atoms. The first-order valence-electron chi connectivity index (χ1n) is 12.4. The first-order chi connectivity index (χ1) is 17.8. The number of fused-ring (bicyclic) bond motifs is 3. The topological polar surface area (TPSA) is 121 Å². The van der Waals surface area contributed by atoms with Crippen molar-refractivity contribution in [2.45, 2.75) is 43.6 Å². The van der Waals surface area contributed by atoms with Gasteiger partial charge in [0.2, 0.25) is 10.0 Å². The van der Waals surface area contributed by atoms with E-state index in [1.807, 2.05) is 30.3 Å². The minimum Gasteiger partial charge on any atom is -0.491 e. The highest BCUT2D eigenvalue weighted by molar-refractivity contribution is 7.90. The maximum atomic E-state index is 12.9. The van der Waals surface area contributed by atoms with Crippen molar-refractivity contribution in [3.8, 4) is 5.75 Å². The summed E-state index contributed by atoms with van der Waals surface area (Å²) in [6.07, 6.45) is 0.639. The van der Waals surface area contributed by atoms with Gasteiger partial charge < -0.3 is 19.6 Å². The SMILES string of the molecule is CCOC(=O)N1CCc2c([nH]c3ccc(Cl)cc23)C1c1ccc(OCC(O)CNS(=O)(=O)C2CC2)cc1. The van der Waals surface area contributed by atoms with Crippen LogP contribution in [0.3, 0.4) is 0 Å². The summed E-state index contributed by atoms with van der Waals surface area (Å²) in [5.74, 6) is 0.523. The maximum Gasteiger partial charge on any atom is 0.410 e. The molecule has 9 nitrogen and oxygen atoms in total. The Balaban J connectivity index is 1.33. The van der Waals surface area contributed by atoms with Crippen LogP contribution in [-0.2, 0) is 21.2 Å². The van der Waals surface area contributed by atoms with Crippen LogP contribution in [-0.4, -0.2) is 67.2 Å². The van der Waals surface area contributed by atoms with E-state index >= 15 is 0 Å². The number of ether oxygens (including phenoxy) is 2. The van der Waals surface area contributed by atoms with Gasteiger partial charge in [-0.25, -0.2) is 17.9 Å². The van der Waals surface area contributed by atoms with Crippen molar-refractivity contribution in [1.82, 2.24) is 14.6 Å². The Kier molecular flexibility index (Phi) is 7.35. The van der Waals surface area contributed by atoms with Crippen LogP contribution < -0.4 is 9.46 Å². The second-order valence-corrected chi connectivity index (χ2v) is 11.9. The monoisotopic (exact) mass is 547 g/mol. The van der Waals surface area contributed by atoms with Crippen molar-refractivity contribution in [1.29, 1.82) is 0 Å². The molecule has 1 fully saturated rings. The molecule has 1 aliphatic heterocycles. The van der Waals surface area contributed by atoms with Crippen LogP contribution in [0.2, 0.25) is 5.02 Å². The number of nitrogens with one attached hydrogen (secondary N) is 2. The fourth-order valence-corrected chi connectivity index (χ4v) is 6.31. The standard InChI is InChI=1S/C26H30ClN3O6S/c1-2-35-26(32)30-12-11-21-22-13-17(27)5-10-23(22)29-24(21)25(30)16-3-6-19(7-4-16)36-15-18(31)14-28-37(33,34)20-8-9-20/h3-7,10,13,18,20,25,28-29,31H,2,8-9,11-12,14-15H2,1H3. The number of amides is 1. The number of rotatable bonds is 9. The minimum absolute atomic E-state index is 0.0577. The molecule has 3 aromatic rings. The molecule has 198 valence electrons. The molecule has 0 saturated heterocycles. The van der Waals surface area contributed by atoms with E-state index in [1.165, 1.54) is 0 Å². The lowest BCUT2D eigenvalue weighted by atomic mass is 9.92. The van der Waals surface area contributed by atoms with Crippen molar-refractivity contribution in [3.05, 3.63) is 64.3 Å². The van der Waals surface area contributed by atoms with E-state index in [4.69, 9.17) is 21.1 Å². The van der Waals surface area contributed by atoms with Crippen molar-refractivity contribution in [2.24, 2.45) is 0 Å². The third-order valence-electron chi connectivity index (χ3n) is 6.71. The number of hydrogen-bond acceptors (Lipinski definition) is 6. The van der Waals surface area contributed by atoms with Gasteiger partial charge in [0, 0.05) is 34.7 Å². The Morgan fingerprint density at radius 3 is 2.70 bits per heavy atom. The van der Waals surface area contributed by atoms with Crippen LogP contribution in [0.5, 0.6) is 5.75 Å². The van der Waals surface area contributed by atoms with Gasteiger partial charge in [0.15, 0.2) is 0 Å². The van der Waals surface area contributed by atoms with E-state index in [0.717, 1.165) is 27.7 Å². The molecule has 1 aromatic heterocycles. The number of halogens is 1. The number of H-pyrrole nitrogens is 1. The smallest absolute Gasteiger partial charge is 0.410 e. The second-order valence-electron chi connectivity index (χ2n) is 9.38. The summed E-state index contributed by atoms with van der Waals surface area (Å²) in [5.41, 5.74) is 3.87. The van der Waals surface area contributed by atoms with Crippen molar-refractivity contribution >= 4 is 38.6 Å². The highest BCUT2D eigenvalue weighted by Gasteiger charge is 2.36. The molecule has 37 heavy (non-hydrogen) atoms. The number of nitrogens with zero attached hydrogens (tertiary/aromatic N) is 1. The fraction of sp³-hybridized carbons (Fsp3) is 0.423. The molecular weight excluding hydrogens is 518 g/mol. The van der Waals surface area contributed by atoms with Crippen LogP contribution >= 0.6 is 11.6 Å². The molecule has 1 saturated carbocycles. The van der Waals surface area contributed by atoms with Crippen LogP contribution in [0.1, 0.15) is 42.6 Å². The van der Waals surface area contributed by atoms with E-state index in [9.17, 15) is 18.3 Å². The van der Waals surface area contributed by atoms with Crippen molar-refractivity contribution in [3.63, 3.8) is 0 Å². The van der Waals surface area contributed by atoms with Gasteiger partial charge in [-0.1, -0.05) is 23.7 Å². The molecule has 2 atom stereocenters. The van der Waals surface area contributed by atoms with Gasteiger partial charge in [0.25, 0.3) is 0 Å². The number of aliphatic hydroxyl groups is 1. The average molecular weight is 548 g/mol.